The number of carbonyl (C=O) groups is 2. The predicted octanol–water partition coefficient (Wildman–Crippen LogP) is 3.21. The highest BCUT2D eigenvalue weighted by Gasteiger charge is 2.28. The summed E-state index contributed by atoms with van der Waals surface area (Å²) >= 11 is 0. The second-order valence-electron chi connectivity index (χ2n) is 9.94. The molecule has 0 N–H and O–H groups in total. The number of likely N-dealkylation sites (tertiary alicyclic amines) is 2. The minimum Gasteiger partial charge on any atom is -0.343 e. The van der Waals surface area contributed by atoms with E-state index in [1.807, 2.05) is 23.9 Å². The summed E-state index contributed by atoms with van der Waals surface area (Å²) in [6.07, 6.45) is 9.51. The summed E-state index contributed by atoms with van der Waals surface area (Å²) in [7, 11) is 8.28. The Morgan fingerprint density at radius 3 is 1.43 bits per heavy atom. The van der Waals surface area contributed by atoms with Gasteiger partial charge in [0.05, 0.1) is 0 Å². The minimum absolute atomic E-state index is 0.281. The lowest BCUT2D eigenvalue weighted by Crippen LogP contribution is -2.48. The highest BCUT2D eigenvalue weighted by Crippen LogP contribution is 2.22. The van der Waals surface area contributed by atoms with Crippen LogP contribution in [0.5, 0.6) is 0 Å². The highest BCUT2D eigenvalue weighted by atomic mass is 16.2. The normalized spacial score (nSPS) is 28.3. The molecule has 2 heterocycles. The van der Waals surface area contributed by atoms with Crippen molar-refractivity contribution in [2.24, 2.45) is 0 Å². The molecule has 2 saturated heterocycles. The van der Waals surface area contributed by atoms with Gasteiger partial charge in [-0.25, -0.2) is 0 Å². The van der Waals surface area contributed by atoms with Gasteiger partial charge in [0, 0.05) is 64.2 Å². The quantitative estimate of drug-likeness (QED) is 0.535. The number of nitrogens with zero attached hydrogens (tertiary/aromatic N) is 4. The van der Waals surface area contributed by atoms with Crippen molar-refractivity contribution in [3.8, 4) is 0 Å². The average molecular weight is 423 g/mol. The molecular formula is C24H46N4O2. The molecule has 0 bridgehead atoms. The molecule has 0 saturated carbocycles. The zero-order chi connectivity index (χ0) is 22.3. The Kier molecular flexibility index (Phi) is 10.1. The van der Waals surface area contributed by atoms with Crippen LogP contribution in [-0.2, 0) is 9.59 Å². The summed E-state index contributed by atoms with van der Waals surface area (Å²) in [4.78, 5) is 33.8. The van der Waals surface area contributed by atoms with E-state index in [1.165, 1.54) is 0 Å². The van der Waals surface area contributed by atoms with Gasteiger partial charge in [0.25, 0.3) is 0 Å². The van der Waals surface area contributed by atoms with E-state index in [4.69, 9.17) is 0 Å². The molecule has 0 spiro atoms. The van der Waals surface area contributed by atoms with Crippen LogP contribution in [0, 0.1) is 0 Å². The molecule has 0 radical (unpaired) electrons. The van der Waals surface area contributed by atoms with Crippen molar-refractivity contribution in [3.63, 3.8) is 0 Å². The maximum absolute atomic E-state index is 12.5. The summed E-state index contributed by atoms with van der Waals surface area (Å²) in [5.41, 5.74) is 0. The van der Waals surface area contributed by atoms with Gasteiger partial charge in [-0.05, 0) is 66.5 Å². The van der Waals surface area contributed by atoms with Gasteiger partial charge in [0.1, 0.15) is 0 Å². The first-order valence-electron chi connectivity index (χ1n) is 12.1. The number of unbranched alkanes of at least 4 members (excludes halogenated alkanes) is 3. The van der Waals surface area contributed by atoms with Crippen LogP contribution in [0.3, 0.4) is 0 Å². The third-order valence-corrected chi connectivity index (χ3v) is 7.77. The maximum atomic E-state index is 12.5. The van der Waals surface area contributed by atoms with E-state index in [0.717, 1.165) is 64.5 Å². The van der Waals surface area contributed by atoms with Crippen LogP contribution in [0.2, 0.25) is 0 Å². The molecule has 174 valence electrons. The summed E-state index contributed by atoms with van der Waals surface area (Å²) < 4.78 is 0. The van der Waals surface area contributed by atoms with Gasteiger partial charge in [-0.3, -0.25) is 9.59 Å². The van der Waals surface area contributed by atoms with E-state index in [9.17, 15) is 9.59 Å². The molecular weight excluding hydrogens is 376 g/mol. The molecule has 6 nitrogen and oxygen atoms in total. The zero-order valence-corrected chi connectivity index (χ0v) is 20.4. The molecule has 2 aliphatic rings. The number of hydrogen-bond donors (Lipinski definition) is 0. The van der Waals surface area contributed by atoms with Crippen molar-refractivity contribution in [3.05, 3.63) is 0 Å². The van der Waals surface area contributed by atoms with Crippen molar-refractivity contribution < 1.29 is 9.59 Å². The highest BCUT2D eigenvalue weighted by molar-refractivity contribution is 5.76. The second kappa shape index (κ2) is 12.0. The fraction of sp³-hybridized carbons (Fsp3) is 0.917. The van der Waals surface area contributed by atoms with Crippen LogP contribution >= 0.6 is 0 Å². The van der Waals surface area contributed by atoms with Crippen LogP contribution < -0.4 is 0 Å². The van der Waals surface area contributed by atoms with E-state index in [2.05, 4.69) is 37.7 Å². The van der Waals surface area contributed by atoms with E-state index < -0.39 is 0 Å². The largest absolute Gasteiger partial charge is 0.343 e. The minimum atomic E-state index is 0.281. The second-order valence-corrected chi connectivity index (χ2v) is 9.94. The van der Waals surface area contributed by atoms with Crippen LogP contribution in [0.15, 0.2) is 0 Å². The lowest BCUT2D eigenvalue weighted by Gasteiger charge is -2.39. The van der Waals surface area contributed by atoms with Crippen molar-refractivity contribution in [2.75, 3.05) is 41.3 Å². The van der Waals surface area contributed by atoms with Crippen LogP contribution in [-0.4, -0.2) is 96.9 Å². The van der Waals surface area contributed by atoms with E-state index in [-0.39, 0.29) is 11.8 Å². The fourth-order valence-electron chi connectivity index (χ4n) is 4.90. The summed E-state index contributed by atoms with van der Waals surface area (Å²) in [5, 5.41) is 0. The van der Waals surface area contributed by atoms with Gasteiger partial charge < -0.3 is 19.6 Å². The summed E-state index contributed by atoms with van der Waals surface area (Å²) in [5.74, 6) is 0.563. The van der Waals surface area contributed by atoms with Crippen molar-refractivity contribution >= 4 is 11.8 Å². The molecule has 2 rings (SSSR count). The smallest absolute Gasteiger partial charge is 0.222 e. The van der Waals surface area contributed by atoms with Gasteiger partial charge in [0.2, 0.25) is 11.8 Å². The first kappa shape index (κ1) is 25.1. The molecule has 0 aromatic rings. The third-order valence-electron chi connectivity index (χ3n) is 7.77. The van der Waals surface area contributed by atoms with Gasteiger partial charge in [-0.1, -0.05) is 12.8 Å². The number of piperidine rings is 2. The monoisotopic (exact) mass is 422 g/mol. The Bertz CT molecular complexity index is 507. The first-order chi connectivity index (χ1) is 14.2. The molecule has 0 aromatic carbocycles. The van der Waals surface area contributed by atoms with Crippen molar-refractivity contribution in [2.45, 2.75) is 102 Å². The average Bonchev–Trinajstić information content (AvgIpc) is 2.73. The van der Waals surface area contributed by atoms with Crippen molar-refractivity contribution in [1.82, 2.24) is 19.6 Å². The Morgan fingerprint density at radius 2 is 1.10 bits per heavy atom. The standard InChI is InChI=1S/C24H46N4O2/c1-19-17-21(13-15-25(19)3)27(5)23(29)11-9-7-8-10-12-24(30)28(6)22-14-16-26(4)20(2)18-22/h19-22H,7-18H2,1-6H3. The number of rotatable bonds is 9. The first-order valence-corrected chi connectivity index (χ1v) is 12.1. The van der Waals surface area contributed by atoms with Gasteiger partial charge in [-0.2, -0.15) is 0 Å². The number of hydrogen-bond acceptors (Lipinski definition) is 4. The van der Waals surface area contributed by atoms with Gasteiger partial charge in [-0.15, -0.1) is 0 Å². The molecule has 2 aliphatic heterocycles. The van der Waals surface area contributed by atoms with E-state index >= 15 is 0 Å². The van der Waals surface area contributed by atoms with Gasteiger partial charge in [0.15, 0.2) is 0 Å². The van der Waals surface area contributed by atoms with Crippen molar-refractivity contribution in [1.29, 1.82) is 0 Å². The Labute approximate surface area is 184 Å². The lowest BCUT2D eigenvalue weighted by atomic mass is 9.97. The topological polar surface area (TPSA) is 47.1 Å². The van der Waals surface area contributed by atoms with Crippen LogP contribution in [0.1, 0.15) is 78.1 Å². The fourth-order valence-corrected chi connectivity index (χ4v) is 4.90. The van der Waals surface area contributed by atoms with E-state index in [1.54, 1.807) is 0 Å². The lowest BCUT2D eigenvalue weighted by molar-refractivity contribution is -0.134. The molecule has 0 aliphatic carbocycles. The molecule has 2 fully saturated rings. The SMILES string of the molecule is CC1CC(N(C)C(=O)CCCCCCC(=O)N(C)C2CCN(C)C(C)C2)CCN1C. The maximum Gasteiger partial charge on any atom is 0.222 e. The third kappa shape index (κ3) is 7.23. The molecule has 0 aromatic heterocycles. The molecule has 6 heteroatoms. The Hall–Kier alpha value is -1.14. The number of carbonyl (C=O) groups excluding carboxylic acids is 2. The van der Waals surface area contributed by atoms with E-state index in [0.29, 0.717) is 37.0 Å². The summed E-state index contributed by atoms with van der Waals surface area (Å²) in [6.45, 7) is 6.64. The Balaban J connectivity index is 1.57. The van der Waals surface area contributed by atoms with Crippen LogP contribution in [0.25, 0.3) is 0 Å². The molecule has 4 unspecified atom stereocenters. The summed E-state index contributed by atoms with van der Waals surface area (Å²) in [6, 6.07) is 1.87. The number of amides is 2. The molecule has 2 amide bonds. The Morgan fingerprint density at radius 1 is 0.733 bits per heavy atom. The molecule has 4 atom stereocenters. The predicted molar refractivity (Wildman–Crippen MR) is 123 cm³/mol. The van der Waals surface area contributed by atoms with Crippen LogP contribution in [0.4, 0.5) is 0 Å². The molecule has 30 heavy (non-hydrogen) atoms. The van der Waals surface area contributed by atoms with Gasteiger partial charge >= 0.3 is 0 Å². The zero-order valence-electron chi connectivity index (χ0n) is 20.4.